The highest BCUT2D eigenvalue weighted by atomic mass is 35.5. The SMILES string of the molecule is O=C(O)c1cc(Cl)cc(NC(=O)[C@@H]2CCCN2)c1. The van der Waals surface area contributed by atoms with Gasteiger partial charge in [0, 0.05) is 10.7 Å². The van der Waals surface area contributed by atoms with Crippen molar-refractivity contribution in [3.8, 4) is 0 Å². The van der Waals surface area contributed by atoms with Crippen molar-refractivity contribution < 1.29 is 14.7 Å². The number of aromatic carboxylic acids is 1. The smallest absolute Gasteiger partial charge is 0.335 e. The molecular formula is C12H13ClN2O3. The summed E-state index contributed by atoms with van der Waals surface area (Å²) in [5.74, 6) is -1.24. The molecule has 6 heteroatoms. The maximum Gasteiger partial charge on any atom is 0.335 e. The van der Waals surface area contributed by atoms with E-state index in [2.05, 4.69) is 10.6 Å². The minimum absolute atomic E-state index is 0.0529. The minimum Gasteiger partial charge on any atom is -0.478 e. The summed E-state index contributed by atoms with van der Waals surface area (Å²) < 4.78 is 0. The van der Waals surface area contributed by atoms with Gasteiger partial charge in [-0.25, -0.2) is 4.79 Å². The number of halogens is 1. The van der Waals surface area contributed by atoms with Crippen molar-refractivity contribution in [2.75, 3.05) is 11.9 Å². The molecule has 0 spiro atoms. The Bertz CT molecular complexity index is 484. The van der Waals surface area contributed by atoms with Crippen LogP contribution in [0, 0.1) is 0 Å². The molecule has 0 radical (unpaired) electrons. The van der Waals surface area contributed by atoms with Crippen molar-refractivity contribution in [3.05, 3.63) is 28.8 Å². The van der Waals surface area contributed by atoms with E-state index < -0.39 is 5.97 Å². The Labute approximate surface area is 109 Å². The van der Waals surface area contributed by atoms with E-state index in [0.29, 0.717) is 5.69 Å². The number of carbonyl (C=O) groups is 2. The van der Waals surface area contributed by atoms with E-state index in [9.17, 15) is 9.59 Å². The van der Waals surface area contributed by atoms with Crippen LogP contribution in [0.15, 0.2) is 18.2 Å². The van der Waals surface area contributed by atoms with E-state index in [4.69, 9.17) is 16.7 Å². The predicted octanol–water partition coefficient (Wildman–Crippen LogP) is 1.73. The average molecular weight is 269 g/mol. The van der Waals surface area contributed by atoms with Gasteiger partial charge >= 0.3 is 5.97 Å². The van der Waals surface area contributed by atoms with Crippen molar-refractivity contribution in [2.24, 2.45) is 0 Å². The van der Waals surface area contributed by atoms with Gasteiger partial charge in [0.05, 0.1) is 11.6 Å². The monoisotopic (exact) mass is 268 g/mol. The first kappa shape index (κ1) is 12.9. The van der Waals surface area contributed by atoms with Crippen LogP contribution < -0.4 is 10.6 Å². The maximum absolute atomic E-state index is 11.8. The quantitative estimate of drug-likeness (QED) is 0.780. The molecule has 1 atom stereocenters. The molecule has 1 heterocycles. The van der Waals surface area contributed by atoms with Crippen LogP contribution in [-0.4, -0.2) is 29.6 Å². The highest BCUT2D eigenvalue weighted by Gasteiger charge is 2.22. The second-order valence-electron chi connectivity index (χ2n) is 4.17. The fraction of sp³-hybridized carbons (Fsp3) is 0.333. The Hall–Kier alpha value is -1.59. The standard InChI is InChI=1S/C12H13ClN2O3/c13-8-4-7(12(17)18)5-9(6-8)15-11(16)10-2-1-3-14-10/h4-6,10,14H,1-3H2,(H,15,16)(H,17,18)/t10-/m0/s1. The second-order valence-corrected chi connectivity index (χ2v) is 4.61. The van der Waals surface area contributed by atoms with E-state index >= 15 is 0 Å². The van der Waals surface area contributed by atoms with Crippen molar-refractivity contribution in [1.82, 2.24) is 5.32 Å². The molecule has 0 aliphatic carbocycles. The van der Waals surface area contributed by atoms with Crippen LogP contribution in [0.2, 0.25) is 5.02 Å². The lowest BCUT2D eigenvalue weighted by Gasteiger charge is -2.11. The second kappa shape index (κ2) is 5.37. The molecule has 96 valence electrons. The van der Waals surface area contributed by atoms with Crippen LogP contribution in [0.25, 0.3) is 0 Å². The fourth-order valence-electron chi connectivity index (χ4n) is 1.92. The number of amides is 1. The zero-order valence-corrected chi connectivity index (χ0v) is 10.3. The minimum atomic E-state index is -1.08. The molecule has 18 heavy (non-hydrogen) atoms. The largest absolute Gasteiger partial charge is 0.478 e. The average Bonchev–Trinajstić information content (AvgIpc) is 2.81. The number of rotatable bonds is 3. The molecule has 1 aromatic rings. The molecule has 1 aliphatic heterocycles. The lowest BCUT2D eigenvalue weighted by molar-refractivity contribution is -0.117. The number of carboxylic acid groups (broad SMARTS) is 1. The lowest BCUT2D eigenvalue weighted by Crippen LogP contribution is -2.35. The summed E-state index contributed by atoms with van der Waals surface area (Å²) in [6.45, 7) is 0.827. The van der Waals surface area contributed by atoms with Gasteiger partial charge in [-0.3, -0.25) is 4.79 Å². The van der Waals surface area contributed by atoms with E-state index in [-0.39, 0.29) is 22.5 Å². The Balaban J connectivity index is 2.13. The summed E-state index contributed by atoms with van der Waals surface area (Å²) >= 11 is 5.81. The third kappa shape index (κ3) is 3.00. The number of benzene rings is 1. The third-order valence-corrected chi connectivity index (χ3v) is 3.01. The van der Waals surface area contributed by atoms with Crippen molar-refractivity contribution in [1.29, 1.82) is 0 Å². The summed E-state index contributed by atoms with van der Waals surface area (Å²) in [7, 11) is 0. The first-order valence-corrected chi connectivity index (χ1v) is 6.02. The first-order valence-electron chi connectivity index (χ1n) is 5.64. The molecule has 5 nitrogen and oxygen atoms in total. The zero-order valence-electron chi connectivity index (χ0n) is 9.57. The summed E-state index contributed by atoms with van der Waals surface area (Å²) in [4.78, 5) is 22.7. The van der Waals surface area contributed by atoms with E-state index in [1.54, 1.807) is 0 Å². The molecule has 1 saturated heterocycles. The van der Waals surface area contributed by atoms with Gasteiger partial charge in [0.15, 0.2) is 0 Å². The van der Waals surface area contributed by atoms with Crippen LogP contribution >= 0.6 is 11.6 Å². The maximum atomic E-state index is 11.8. The van der Waals surface area contributed by atoms with Gasteiger partial charge in [-0.1, -0.05) is 11.6 Å². The summed E-state index contributed by atoms with van der Waals surface area (Å²) in [5, 5.41) is 14.9. The third-order valence-electron chi connectivity index (χ3n) is 2.79. The summed E-state index contributed by atoms with van der Waals surface area (Å²) in [6, 6.07) is 4.05. The molecule has 0 aromatic heterocycles. The van der Waals surface area contributed by atoms with E-state index in [1.165, 1.54) is 18.2 Å². The molecule has 1 fully saturated rings. The van der Waals surface area contributed by atoms with E-state index in [0.717, 1.165) is 19.4 Å². The lowest BCUT2D eigenvalue weighted by atomic mass is 10.1. The van der Waals surface area contributed by atoms with Gasteiger partial charge in [-0.05, 0) is 37.6 Å². The number of carbonyl (C=O) groups excluding carboxylic acids is 1. The topological polar surface area (TPSA) is 78.4 Å². The van der Waals surface area contributed by atoms with Gasteiger partial charge in [-0.15, -0.1) is 0 Å². The molecular weight excluding hydrogens is 256 g/mol. The van der Waals surface area contributed by atoms with Gasteiger partial charge < -0.3 is 15.7 Å². The van der Waals surface area contributed by atoms with Crippen molar-refractivity contribution in [2.45, 2.75) is 18.9 Å². The predicted molar refractivity (Wildman–Crippen MR) is 68.1 cm³/mol. The van der Waals surface area contributed by atoms with Crippen LogP contribution in [0.5, 0.6) is 0 Å². The van der Waals surface area contributed by atoms with Crippen molar-refractivity contribution in [3.63, 3.8) is 0 Å². The van der Waals surface area contributed by atoms with Gasteiger partial charge in [0.1, 0.15) is 0 Å². The zero-order chi connectivity index (χ0) is 13.1. The van der Waals surface area contributed by atoms with Crippen LogP contribution in [0.3, 0.4) is 0 Å². The number of hydrogen-bond donors (Lipinski definition) is 3. The number of anilines is 1. The fourth-order valence-corrected chi connectivity index (χ4v) is 2.16. The molecule has 1 aromatic carbocycles. The first-order chi connectivity index (χ1) is 8.56. The van der Waals surface area contributed by atoms with Crippen LogP contribution in [0.4, 0.5) is 5.69 Å². The van der Waals surface area contributed by atoms with Crippen LogP contribution in [0.1, 0.15) is 23.2 Å². The molecule has 0 bridgehead atoms. The van der Waals surface area contributed by atoms with E-state index in [1.807, 2.05) is 0 Å². The van der Waals surface area contributed by atoms with Gasteiger partial charge in [0.25, 0.3) is 0 Å². The molecule has 1 amide bonds. The highest BCUT2D eigenvalue weighted by molar-refractivity contribution is 6.31. The number of carboxylic acids is 1. The Morgan fingerprint density at radius 3 is 2.78 bits per heavy atom. The highest BCUT2D eigenvalue weighted by Crippen LogP contribution is 2.20. The summed E-state index contributed by atoms with van der Waals surface area (Å²) in [5.41, 5.74) is 0.454. The Morgan fingerprint density at radius 2 is 2.17 bits per heavy atom. The summed E-state index contributed by atoms with van der Waals surface area (Å²) in [6.07, 6.45) is 1.76. The van der Waals surface area contributed by atoms with Crippen molar-refractivity contribution >= 4 is 29.2 Å². The van der Waals surface area contributed by atoms with Gasteiger partial charge in [-0.2, -0.15) is 0 Å². The molecule has 0 saturated carbocycles. The normalized spacial score (nSPS) is 18.6. The number of hydrogen-bond acceptors (Lipinski definition) is 3. The molecule has 1 aliphatic rings. The molecule has 0 unspecified atom stereocenters. The van der Waals surface area contributed by atoms with Crippen LogP contribution in [-0.2, 0) is 4.79 Å². The molecule has 3 N–H and O–H groups in total. The Kier molecular flexibility index (Phi) is 3.84. The molecule has 2 rings (SSSR count). The van der Waals surface area contributed by atoms with Gasteiger partial charge in [0.2, 0.25) is 5.91 Å². The number of nitrogens with one attached hydrogen (secondary N) is 2. The Morgan fingerprint density at radius 1 is 1.39 bits per heavy atom.